The molecule has 1 aromatic rings. The molecule has 1 amide bonds. The highest BCUT2D eigenvalue weighted by Gasteiger charge is 2.21. The number of nitrogens with one attached hydrogen (secondary N) is 2. The fraction of sp³-hybridized carbons (Fsp3) is 0.636. The van der Waals surface area contributed by atoms with E-state index < -0.39 is 0 Å². The number of nitrogens with zero attached hydrogens (tertiary/aromatic N) is 1. The SMILES string of the molecule is CC(NC(=O)c1cscn1)C1CCCNC1.Cl.Cl. The number of hydrogen-bond donors (Lipinski definition) is 2. The second-order valence-electron chi connectivity index (χ2n) is 4.24. The van der Waals surface area contributed by atoms with Gasteiger partial charge in [0, 0.05) is 11.4 Å². The average molecular weight is 312 g/mol. The van der Waals surface area contributed by atoms with Crippen molar-refractivity contribution in [2.24, 2.45) is 5.92 Å². The Morgan fingerprint density at radius 2 is 2.39 bits per heavy atom. The van der Waals surface area contributed by atoms with Crippen LogP contribution in [0.1, 0.15) is 30.3 Å². The van der Waals surface area contributed by atoms with E-state index >= 15 is 0 Å². The highest BCUT2D eigenvalue weighted by molar-refractivity contribution is 7.07. The number of carbonyl (C=O) groups excluding carboxylic acids is 1. The Balaban J connectivity index is 0.00000144. The molecule has 0 spiro atoms. The molecule has 0 aromatic carbocycles. The predicted molar refractivity (Wildman–Crippen MR) is 79.1 cm³/mol. The Bertz CT molecular complexity index is 342. The molecule has 18 heavy (non-hydrogen) atoms. The number of aromatic nitrogens is 1. The maximum absolute atomic E-state index is 11.8. The molecule has 1 fully saturated rings. The number of halogens is 2. The van der Waals surface area contributed by atoms with E-state index in [9.17, 15) is 4.79 Å². The summed E-state index contributed by atoms with van der Waals surface area (Å²) in [6.07, 6.45) is 2.38. The molecule has 4 nitrogen and oxygen atoms in total. The highest BCUT2D eigenvalue weighted by atomic mass is 35.5. The average Bonchev–Trinajstić information content (AvgIpc) is 2.83. The van der Waals surface area contributed by atoms with Gasteiger partial charge in [-0.3, -0.25) is 4.79 Å². The van der Waals surface area contributed by atoms with Gasteiger partial charge in [-0.15, -0.1) is 36.2 Å². The highest BCUT2D eigenvalue weighted by Crippen LogP contribution is 2.14. The van der Waals surface area contributed by atoms with Gasteiger partial charge >= 0.3 is 0 Å². The van der Waals surface area contributed by atoms with Crippen molar-refractivity contribution >= 4 is 42.1 Å². The van der Waals surface area contributed by atoms with Crippen LogP contribution in [0.3, 0.4) is 0 Å². The molecule has 2 unspecified atom stereocenters. The summed E-state index contributed by atoms with van der Waals surface area (Å²) >= 11 is 1.45. The third-order valence-electron chi connectivity index (χ3n) is 3.07. The molecule has 1 saturated heterocycles. The molecule has 7 heteroatoms. The Labute approximate surface area is 124 Å². The zero-order valence-corrected chi connectivity index (χ0v) is 12.7. The van der Waals surface area contributed by atoms with Gasteiger partial charge in [-0.25, -0.2) is 4.98 Å². The molecule has 1 aliphatic heterocycles. The number of piperidine rings is 1. The summed E-state index contributed by atoms with van der Waals surface area (Å²) in [6.45, 7) is 4.17. The van der Waals surface area contributed by atoms with Gasteiger partial charge in [0.1, 0.15) is 5.69 Å². The van der Waals surface area contributed by atoms with Crippen molar-refractivity contribution in [2.45, 2.75) is 25.8 Å². The van der Waals surface area contributed by atoms with Gasteiger partial charge in [0.25, 0.3) is 5.91 Å². The van der Waals surface area contributed by atoms with Crippen molar-refractivity contribution in [1.29, 1.82) is 0 Å². The second-order valence-corrected chi connectivity index (χ2v) is 4.96. The molecular formula is C11H19Cl2N3OS. The quantitative estimate of drug-likeness (QED) is 0.899. The van der Waals surface area contributed by atoms with Gasteiger partial charge in [-0.1, -0.05) is 0 Å². The van der Waals surface area contributed by atoms with Crippen molar-refractivity contribution in [1.82, 2.24) is 15.6 Å². The fourth-order valence-corrected chi connectivity index (χ4v) is 2.56. The molecule has 0 radical (unpaired) electrons. The summed E-state index contributed by atoms with van der Waals surface area (Å²) in [7, 11) is 0. The van der Waals surface area contributed by atoms with Gasteiger partial charge in [0.15, 0.2) is 0 Å². The predicted octanol–water partition coefficient (Wildman–Crippen LogP) is 2.10. The first-order valence-electron chi connectivity index (χ1n) is 5.67. The second kappa shape index (κ2) is 8.69. The first-order chi connectivity index (χ1) is 7.77. The van der Waals surface area contributed by atoms with Crippen LogP contribution in [0.4, 0.5) is 0 Å². The molecular weight excluding hydrogens is 293 g/mol. The van der Waals surface area contributed by atoms with Crippen molar-refractivity contribution in [3.8, 4) is 0 Å². The van der Waals surface area contributed by atoms with E-state index in [0.717, 1.165) is 13.1 Å². The van der Waals surface area contributed by atoms with Crippen molar-refractivity contribution in [3.05, 3.63) is 16.6 Å². The van der Waals surface area contributed by atoms with Crippen LogP contribution >= 0.6 is 36.2 Å². The zero-order chi connectivity index (χ0) is 11.4. The molecule has 2 atom stereocenters. The van der Waals surface area contributed by atoms with E-state index in [1.807, 2.05) is 0 Å². The molecule has 0 bridgehead atoms. The lowest BCUT2D eigenvalue weighted by Crippen LogP contribution is -2.44. The van der Waals surface area contributed by atoms with Gasteiger partial charge in [0.2, 0.25) is 0 Å². The van der Waals surface area contributed by atoms with E-state index in [1.54, 1.807) is 10.9 Å². The Kier molecular flexibility index (Phi) is 8.52. The standard InChI is InChI=1S/C11H17N3OS.2ClH/c1-8(9-3-2-4-12-5-9)14-11(15)10-6-16-7-13-10;;/h6-9,12H,2-5H2,1H3,(H,14,15);2*1H. The molecule has 2 rings (SSSR count). The molecule has 104 valence electrons. The number of hydrogen-bond acceptors (Lipinski definition) is 4. The topological polar surface area (TPSA) is 54.0 Å². The van der Waals surface area contributed by atoms with Gasteiger partial charge in [-0.2, -0.15) is 0 Å². The lowest BCUT2D eigenvalue weighted by atomic mass is 9.93. The van der Waals surface area contributed by atoms with E-state index in [4.69, 9.17) is 0 Å². The maximum atomic E-state index is 11.8. The molecule has 0 aliphatic carbocycles. The van der Waals surface area contributed by atoms with Crippen LogP contribution < -0.4 is 10.6 Å². The third-order valence-corrected chi connectivity index (χ3v) is 3.65. The van der Waals surface area contributed by atoms with E-state index in [-0.39, 0.29) is 36.8 Å². The minimum Gasteiger partial charge on any atom is -0.348 e. The molecule has 1 aliphatic rings. The van der Waals surface area contributed by atoms with Crippen LogP contribution in [0.5, 0.6) is 0 Å². The lowest BCUT2D eigenvalue weighted by molar-refractivity contribution is 0.0917. The minimum absolute atomic E-state index is 0. The minimum atomic E-state index is -0.0562. The first-order valence-corrected chi connectivity index (χ1v) is 6.61. The molecule has 1 aromatic heterocycles. The van der Waals surface area contributed by atoms with Crippen LogP contribution in [0.2, 0.25) is 0 Å². The summed E-state index contributed by atoms with van der Waals surface area (Å²) in [4.78, 5) is 15.8. The number of rotatable bonds is 3. The fourth-order valence-electron chi connectivity index (χ4n) is 2.03. The smallest absolute Gasteiger partial charge is 0.270 e. The van der Waals surface area contributed by atoms with E-state index in [2.05, 4.69) is 22.5 Å². The van der Waals surface area contributed by atoms with Crippen molar-refractivity contribution in [3.63, 3.8) is 0 Å². The Hall–Kier alpha value is -0.360. The largest absolute Gasteiger partial charge is 0.348 e. The monoisotopic (exact) mass is 311 g/mol. The van der Waals surface area contributed by atoms with E-state index in [0.29, 0.717) is 11.6 Å². The number of thiazole rings is 1. The van der Waals surface area contributed by atoms with Crippen LogP contribution in [-0.2, 0) is 0 Å². The van der Waals surface area contributed by atoms with Crippen LogP contribution in [0, 0.1) is 5.92 Å². The maximum Gasteiger partial charge on any atom is 0.270 e. The van der Waals surface area contributed by atoms with E-state index in [1.165, 1.54) is 24.2 Å². The van der Waals surface area contributed by atoms with Gasteiger partial charge < -0.3 is 10.6 Å². The summed E-state index contributed by atoms with van der Waals surface area (Å²) in [6, 6.07) is 0.210. The van der Waals surface area contributed by atoms with Crippen molar-refractivity contribution in [2.75, 3.05) is 13.1 Å². The molecule has 2 heterocycles. The summed E-state index contributed by atoms with van der Waals surface area (Å²) < 4.78 is 0. The molecule has 2 N–H and O–H groups in total. The Morgan fingerprint density at radius 1 is 1.61 bits per heavy atom. The molecule has 0 saturated carbocycles. The zero-order valence-electron chi connectivity index (χ0n) is 10.2. The van der Waals surface area contributed by atoms with Gasteiger partial charge in [0.05, 0.1) is 5.51 Å². The normalized spacial score (nSPS) is 20.2. The van der Waals surface area contributed by atoms with Crippen LogP contribution in [0.15, 0.2) is 10.9 Å². The third kappa shape index (κ3) is 4.72. The summed E-state index contributed by atoms with van der Waals surface area (Å²) in [5, 5.41) is 8.16. The van der Waals surface area contributed by atoms with Gasteiger partial charge in [-0.05, 0) is 38.8 Å². The van der Waals surface area contributed by atoms with Crippen LogP contribution in [0.25, 0.3) is 0 Å². The van der Waals surface area contributed by atoms with Crippen LogP contribution in [-0.4, -0.2) is 30.0 Å². The van der Waals surface area contributed by atoms with Crippen molar-refractivity contribution < 1.29 is 4.79 Å². The summed E-state index contributed by atoms with van der Waals surface area (Å²) in [5.41, 5.74) is 2.21. The summed E-state index contributed by atoms with van der Waals surface area (Å²) in [5.74, 6) is 0.482. The lowest BCUT2D eigenvalue weighted by Gasteiger charge is -2.28. The number of amides is 1. The first kappa shape index (κ1) is 17.6. The Morgan fingerprint density at radius 3 is 2.94 bits per heavy atom. The number of carbonyl (C=O) groups is 1.